The van der Waals surface area contributed by atoms with E-state index in [0.29, 0.717) is 17.7 Å². The van der Waals surface area contributed by atoms with Gasteiger partial charge in [-0.15, -0.1) is 0 Å². The van der Waals surface area contributed by atoms with Crippen LogP contribution in [0.2, 0.25) is 0 Å². The summed E-state index contributed by atoms with van der Waals surface area (Å²) in [6.45, 7) is 2.30. The number of aromatic nitrogens is 3. The van der Waals surface area contributed by atoms with E-state index in [0.717, 1.165) is 24.8 Å². The molecule has 0 spiro atoms. The number of hydrogen-bond donors (Lipinski definition) is 2. The normalized spacial score (nSPS) is 12.4. The summed E-state index contributed by atoms with van der Waals surface area (Å²) in [7, 11) is -4.58. The zero-order valence-corrected chi connectivity index (χ0v) is 25.9. The Balaban J connectivity index is 1.59. The summed E-state index contributed by atoms with van der Waals surface area (Å²) in [5.41, 5.74) is 1.85. The van der Waals surface area contributed by atoms with Gasteiger partial charge in [0.1, 0.15) is 18.7 Å². The van der Waals surface area contributed by atoms with Crippen LogP contribution in [0.4, 0.5) is 0 Å². The number of benzene rings is 1. The Morgan fingerprint density at radius 2 is 1.46 bits per heavy atom. The van der Waals surface area contributed by atoms with Gasteiger partial charge in [0.05, 0.1) is 30.6 Å². The number of phosphoric ester groups is 1. The molecule has 9 nitrogen and oxygen atoms in total. The van der Waals surface area contributed by atoms with Gasteiger partial charge in [-0.2, -0.15) is 10.4 Å². The first-order valence-corrected chi connectivity index (χ1v) is 17.2. The van der Waals surface area contributed by atoms with E-state index in [1.54, 1.807) is 12.1 Å². The molecule has 1 atom stereocenters. The molecule has 10 heteroatoms. The molecule has 0 aliphatic heterocycles. The minimum absolute atomic E-state index is 0.175. The molecule has 2 N–H and O–H groups in total. The molecular weight excluding hydrogens is 539 g/mol. The van der Waals surface area contributed by atoms with Crippen LogP contribution in [-0.2, 0) is 20.4 Å². The van der Waals surface area contributed by atoms with Gasteiger partial charge in [0.25, 0.3) is 0 Å². The van der Waals surface area contributed by atoms with Crippen molar-refractivity contribution in [3.63, 3.8) is 0 Å². The fraction of sp³-hybridized carbons (Fsp3) is 0.710. The predicted octanol–water partition coefficient (Wildman–Crippen LogP) is 8.18. The number of phosphoric acid groups is 1. The third kappa shape index (κ3) is 16.8. The Kier molecular flexibility index (Phi) is 18.5. The van der Waals surface area contributed by atoms with Gasteiger partial charge in [-0.25, -0.2) is 14.2 Å². The smallest absolute Gasteiger partial charge is 0.371 e. The molecule has 0 aliphatic carbocycles. The highest BCUT2D eigenvalue weighted by molar-refractivity contribution is 7.46. The second-order valence-electron chi connectivity index (χ2n) is 11.0. The highest BCUT2D eigenvalue weighted by Crippen LogP contribution is 2.36. The van der Waals surface area contributed by atoms with Crippen LogP contribution in [0.25, 0.3) is 5.69 Å². The molecule has 0 saturated carbocycles. The summed E-state index contributed by atoms with van der Waals surface area (Å²) < 4.78 is 23.5. The third-order valence-electron chi connectivity index (χ3n) is 7.39. The van der Waals surface area contributed by atoms with E-state index in [-0.39, 0.29) is 13.2 Å². The maximum atomic E-state index is 11.2. The van der Waals surface area contributed by atoms with E-state index in [2.05, 4.69) is 23.1 Å². The molecule has 0 radical (unpaired) electrons. The molecule has 230 valence electrons. The van der Waals surface area contributed by atoms with Gasteiger partial charge in [-0.3, -0.25) is 4.52 Å². The van der Waals surface area contributed by atoms with E-state index >= 15 is 0 Å². The lowest BCUT2D eigenvalue weighted by Crippen LogP contribution is -2.19. The first kappa shape index (κ1) is 35.1. The molecule has 0 amide bonds. The highest BCUT2D eigenvalue weighted by Gasteiger charge is 2.19. The van der Waals surface area contributed by atoms with E-state index in [4.69, 9.17) is 19.0 Å². The van der Waals surface area contributed by atoms with Gasteiger partial charge < -0.3 is 14.5 Å². The fourth-order valence-electron chi connectivity index (χ4n) is 5.00. The van der Waals surface area contributed by atoms with Crippen molar-refractivity contribution >= 4 is 7.82 Å². The second kappa shape index (κ2) is 21.6. The summed E-state index contributed by atoms with van der Waals surface area (Å²) >= 11 is 0. The molecule has 0 saturated heterocycles. The minimum atomic E-state index is -4.58. The molecule has 1 unspecified atom stereocenters. The van der Waals surface area contributed by atoms with Crippen molar-refractivity contribution in [3.8, 4) is 11.8 Å². The number of unbranched alkanes of at least 4 members (excludes halogenated alkanes) is 16. The van der Waals surface area contributed by atoms with Gasteiger partial charge in [0, 0.05) is 0 Å². The van der Waals surface area contributed by atoms with Crippen LogP contribution < -0.4 is 0 Å². The molecule has 2 rings (SSSR count). The van der Waals surface area contributed by atoms with Crippen molar-refractivity contribution in [1.82, 2.24) is 14.8 Å². The zero-order valence-electron chi connectivity index (χ0n) is 25.0. The monoisotopic (exact) mass is 590 g/mol. The number of rotatable bonds is 25. The lowest BCUT2D eigenvalue weighted by atomic mass is 10.0. The van der Waals surface area contributed by atoms with E-state index in [1.807, 2.05) is 6.07 Å². The van der Waals surface area contributed by atoms with E-state index in [9.17, 15) is 9.83 Å². The van der Waals surface area contributed by atoms with Crippen molar-refractivity contribution in [3.05, 3.63) is 42.0 Å². The Morgan fingerprint density at radius 3 is 1.95 bits per heavy atom. The lowest BCUT2D eigenvalue weighted by molar-refractivity contribution is -0.00376. The van der Waals surface area contributed by atoms with Gasteiger partial charge in [-0.1, -0.05) is 122 Å². The highest BCUT2D eigenvalue weighted by atomic mass is 31.2. The first-order valence-electron chi connectivity index (χ1n) is 15.6. The number of ether oxygens (including phenoxy) is 1. The second-order valence-corrected chi connectivity index (χ2v) is 12.2. The van der Waals surface area contributed by atoms with Gasteiger partial charge in [0.15, 0.2) is 0 Å². The maximum Gasteiger partial charge on any atom is 0.469 e. The van der Waals surface area contributed by atoms with Crippen molar-refractivity contribution < 1.29 is 23.6 Å². The molecule has 0 aliphatic rings. The minimum Gasteiger partial charge on any atom is -0.371 e. The summed E-state index contributed by atoms with van der Waals surface area (Å²) in [6.07, 6.45) is 25.2. The quantitative estimate of drug-likeness (QED) is 0.0874. The summed E-state index contributed by atoms with van der Waals surface area (Å²) in [4.78, 5) is 22.2. The Labute approximate surface area is 246 Å². The van der Waals surface area contributed by atoms with Crippen LogP contribution in [0.1, 0.15) is 134 Å². The van der Waals surface area contributed by atoms with E-state index in [1.165, 1.54) is 107 Å². The average Bonchev–Trinajstić information content (AvgIpc) is 3.50. The Hall–Kier alpha value is -2.08. The third-order valence-corrected chi connectivity index (χ3v) is 7.88. The molecule has 1 heterocycles. The van der Waals surface area contributed by atoms with Crippen LogP contribution in [0.5, 0.6) is 0 Å². The molecule has 2 aromatic rings. The predicted molar refractivity (Wildman–Crippen MR) is 161 cm³/mol. The topological polar surface area (TPSA) is 130 Å². The SMILES string of the molecule is CCCCCCCCCCCCCCCCCCCC(COP(=O)(O)O)OCc1ccc(-n2cncn2)c(C#N)c1. The average molecular weight is 591 g/mol. The van der Waals surface area contributed by atoms with Crippen molar-refractivity contribution in [2.24, 2.45) is 0 Å². The number of hydrogen-bond acceptors (Lipinski definition) is 6. The molecule has 41 heavy (non-hydrogen) atoms. The summed E-state index contributed by atoms with van der Waals surface area (Å²) in [5.74, 6) is 0. The van der Waals surface area contributed by atoms with Crippen LogP contribution >= 0.6 is 7.82 Å². The van der Waals surface area contributed by atoms with Crippen molar-refractivity contribution in [1.29, 1.82) is 5.26 Å². The summed E-state index contributed by atoms with van der Waals surface area (Å²) in [6, 6.07) is 7.52. The Bertz CT molecular complexity index is 1020. The van der Waals surface area contributed by atoms with Gasteiger partial charge in [-0.05, 0) is 24.1 Å². The van der Waals surface area contributed by atoms with Crippen LogP contribution in [0.3, 0.4) is 0 Å². The Morgan fingerprint density at radius 1 is 0.902 bits per heavy atom. The number of nitriles is 1. The lowest BCUT2D eigenvalue weighted by Gasteiger charge is -2.19. The molecule has 0 bridgehead atoms. The molecular formula is C31H51N4O5P. The molecule has 0 fully saturated rings. The first-order chi connectivity index (χ1) is 19.9. The van der Waals surface area contributed by atoms with Crippen molar-refractivity contribution in [2.45, 2.75) is 135 Å². The number of nitrogens with zero attached hydrogens (tertiary/aromatic N) is 4. The van der Waals surface area contributed by atoms with Crippen LogP contribution in [0, 0.1) is 11.3 Å². The van der Waals surface area contributed by atoms with Crippen molar-refractivity contribution in [2.75, 3.05) is 6.61 Å². The summed E-state index contributed by atoms with van der Waals surface area (Å²) in [5, 5.41) is 13.6. The maximum absolute atomic E-state index is 11.2. The molecule has 1 aromatic carbocycles. The fourth-order valence-corrected chi connectivity index (χ4v) is 5.36. The largest absolute Gasteiger partial charge is 0.469 e. The van der Waals surface area contributed by atoms with E-state index < -0.39 is 13.9 Å². The zero-order chi connectivity index (χ0) is 29.6. The van der Waals surface area contributed by atoms with Crippen LogP contribution in [-0.4, -0.2) is 37.3 Å². The molecule has 1 aromatic heterocycles. The van der Waals surface area contributed by atoms with Gasteiger partial charge in [0.2, 0.25) is 0 Å². The van der Waals surface area contributed by atoms with Gasteiger partial charge >= 0.3 is 7.82 Å². The van der Waals surface area contributed by atoms with Crippen LogP contribution in [0.15, 0.2) is 30.9 Å². The standard InChI is InChI=1S/C31H51N4O5P/c1-2-3-4-5-6-7-8-9-10-11-12-13-14-15-16-17-18-19-30(25-40-41(36,37)38)39-24-28-20-21-31(29(22-28)23-32)35-27-33-26-34-35/h20-22,26-27,30H,2-19,24-25H2,1H3,(H2,36,37,38).